The number of likely N-dealkylation sites (tertiary alicyclic amines) is 1. The molecule has 1 saturated heterocycles. The summed E-state index contributed by atoms with van der Waals surface area (Å²) >= 11 is 0. The molecule has 0 radical (unpaired) electrons. The Labute approximate surface area is 120 Å². The van der Waals surface area contributed by atoms with Gasteiger partial charge in [-0.05, 0) is 37.3 Å². The molecule has 0 amide bonds. The second-order valence-electron chi connectivity index (χ2n) is 5.95. The summed E-state index contributed by atoms with van der Waals surface area (Å²) in [7, 11) is 0. The first-order valence-electron chi connectivity index (χ1n) is 7.45. The van der Waals surface area contributed by atoms with Crippen LogP contribution in [0.25, 0.3) is 0 Å². The fourth-order valence-electron chi connectivity index (χ4n) is 3.07. The van der Waals surface area contributed by atoms with Gasteiger partial charge in [0.1, 0.15) is 5.82 Å². The van der Waals surface area contributed by atoms with Gasteiger partial charge in [0.15, 0.2) is 0 Å². The summed E-state index contributed by atoms with van der Waals surface area (Å²) in [6.45, 7) is 5.31. The Kier molecular flexibility index (Phi) is 5.52. The molecule has 1 fully saturated rings. The molecule has 3 atom stereocenters. The van der Waals surface area contributed by atoms with Crippen LogP contribution in [0, 0.1) is 17.7 Å². The molecule has 0 bridgehead atoms. The molecule has 3 N–H and O–H groups in total. The third-order valence-corrected chi connectivity index (χ3v) is 4.33. The number of rotatable bonds is 6. The van der Waals surface area contributed by atoms with Gasteiger partial charge in [-0.15, -0.1) is 0 Å². The fraction of sp³-hybridized carbons (Fsp3) is 0.625. The number of nitrogens with two attached hydrogens (primary N) is 1. The molecule has 1 heterocycles. The predicted octanol–water partition coefficient (Wildman–Crippen LogP) is 2.17. The average Bonchev–Trinajstić information content (AvgIpc) is 2.86. The van der Waals surface area contributed by atoms with E-state index in [0.29, 0.717) is 11.5 Å². The first-order valence-corrected chi connectivity index (χ1v) is 7.45. The molecule has 1 aliphatic heterocycles. The lowest BCUT2D eigenvalue weighted by molar-refractivity contribution is 0.233. The minimum Gasteiger partial charge on any atom is -0.396 e. The highest BCUT2D eigenvalue weighted by atomic mass is 19.1. The van der Waals surface area contributed by atoms with Crippen molar-refractivity contribution in [2.24, 2.45) is 17.6 Å². The maximum absolute atomic E-state index is 13.8. The van der Waals surface area contributed by atoms with E-state index in [-0.39, 0.29) is 24.4 Å². The van der Waals surface area contributed by atoms with Gasteiger partial charge in [0.2, 0.25) is 0 Å². The van der Waals surface area contributed by atoms with E-state index in [1.807, 2.05) is 6.07 Å². The van der Waals surface area contributed by atoms with Gasteiger partial charge in [0, 0.05) is 31.3 Å². The van der Waals surface area contributed by atoms with Crippen molar-refractivity contribution in [2.75, 3.05) is 26.2 Å². The predicted molar refractivity (Wildman–Crippen MR) is 78.7 cm³/mol. The van der Waals surface area contributed by atoms with Crippen LogP contribution in [0.3, 0.4) is 0 Å². The van der Waals surface area contributed by atoms with Crippen molar-refractivity contribution in [3.8, 4) is 0 Å². The van der Waals surface area contributed by atoms with Gasteiger partial charge in [-0.25, -0.2) is 4.39 Å². The van der Waals surface area contributed by atoms with Crippen molar-refractivity contribution in [1.29, 1.82) is 0 Å². The maximum atomic E-state index is 13.8. The highest BCUT2D eigenvalue weighted by Crippen LogP contribution is 2.25. The van der Waals surface area contributed by atoms with Gasteiger partial charge >= 0.3 is 0 Å². The van der Waals surface area contributed by atoms with Crippen molar-refractivity contribution in [3.63, 3.8) is 0 Å². The smallest absolute Gasteiger partial charge is 0.127 e. The molecule has 3 nitrogen and oxygen atoms in total. The standard InChI is InChI=1S/C16H25FN2O/c1-12(10-19-8-6-13(11-19)7-9-20)16(18)14-4-2-3-5-15(14)17/h2-5,12-13,16,20H,6-11,18H2,1H3. The van der Waals surface area contributed by atoms with Gasteiger partial charge in [-0.1, -0.05) is 25.1 Å². The van der Waals surface area contributed by atoms with Gasteiger partial charge in [0.05, 0.1) is 0 Å². The van der Waals surface area contributed by atoms with Crippen LogP contribution in [0.4, 0.5) is 4.39 Å². The van der Waals surface area contributed by atoms with E-state index >= 15 is 0 Å². The van der Waals surface area contributed by atoms with E-state index in [1.165, 1.54) is 6.07 Å². The molecular weight excluding hydrogens is 255 g/mol. The largest absolute Gasteiger partial charge is 0.396 e. The van der Waals surface area contributed by atoms with E-state index in [0.717, 1.165) is 32.5 Å². The Morgan fingerprint density at radius 2 is 2.20 bits per heavy atom. The maximum Gasteiger partial charge on any atom is 0.127 e. The summed E-state index contributed by atoms with van der Waals surface area (Å²) in [5.74, 6) is 0.586. The van der Waals surface area contributed by atoms with Crippen LogP contribution >= 0.6 is 0 Å². The van der Waals surface area contributed by atoms with Gasteiger partial charge in [-0.3, -0.25) is 0 Å². The molecule has 1 aromatic rings. The van der Waals surface area contributed by atoms with Crippen molar-refractivity contribution in [3.05, 3.63) is 35.6 Å². The van der Waals surface area contributed by atoms with E-state index in [9.17, 15) is 4.39 Å². The summed E-state index contributed by atoms with van der Waals surface area (Å²) in [5, 5.41) is 8.98. The van der Waals surface area contributed by atoms with E-state index in [4.69, 9.17) is 10.8 Å². The zero-order valence-electron chi connectivity index (χ0n) is 12.1. The summed E-state index contributed by atoms with van der Waals surface area (Å²) in [4.78, 5) is 2.38. The molecule has 1 aliphatic rings. The number of aliphatic hydroxyl groups is 1. The lowest BCUT2D eigenvalue weighted by Crippen LogP contribution is -2.32. The number of hydrogen-bond donors (Lipinski definition) is 2. The highest BCUT2D eigenvalue weighted by molar-refractivity contribution is 5.21. The minimum atomic E-state index is -0.270. The Hall–Kier alpha value is -0.970. The van der Waals surface area contributed by atoms with Crippen molar-refractivity contribution in [2.45, 2.75) is 25.8 Å². The molecule has 20 heavy (non-hydrogen) atoms. The van der Waals surface area contributed by atoms with E-state index in [2.05, 4.69) is 11.8 Å². The molecular formula is C16H25FN2O. The van der Waals surface area contributed by atoms with Crippen LogP contribution in [0.15, 0.2) is 24.3 Å². The number of aliphatic hydroxyl groups excluding tert-OH is 1. The normalized spacial score (nSPS) is 22.9. The average molecular weight is 280 g/mol. The number of halogens is 1. The number of benzene rings is 1. The molecule has 0 saturated carbocycles. The van der Waals surface area contributed by atoms with Crippen LogP contribution in [0.2, 0.25) is 0 Å². The topological polar surface area (TPSA) is 49.5 Å². The Morgan fingerprint density at radius 3 is 2.90 bits per heavy atom. The molecule has 0 aromatic heterocycles. The fourth-order valence-corrected chi connectivity index (χ4v) is 3.07. The highest BCUT2D eigenvalue weighted by Gasteiger charge is 2.26. The molecule has 0 aliphatic carbocycles. The van der Waals surface area contributed by atoms with Gasteiger partial charge in [-0.2, -0.15) is 0 Å². The summed E-state index contributed by atoms with van der Waals surface area (Å²) in [5.41, 5.74) is 6.81. The zero-order valence-corrected chi connectivity index (χ0v) is 12.1. The summed E-state index contributed by atoms with van der Waals surface area (Å²) in [6, 6.07) is 6.49. The second-order valence-corrected chi connectivity index (χ2v) is 5.95. The second kappa shape index (κ2) is 7.16. The summed E-state index contributed by atoms with van der Waals surface area (Å²) in [6.07, 6.45) is 2.02. The van der Waals surface area contributed by atoms with Crippen LogP contribution < -0.4 is 5.73 Å². The van der Waals surface area contributed by atoms with Crippen molar-refractivity contribution in [1.82, 2.24) is 4.90 Å². The molecule has 0 spiro atoms. The number of hydrogen-bond acceptors (Lipinski definition) is 3. The SMILES string of the molecule is CC(CN1CCC(CCO)C1)C(N)c1ccccc1F. The van der Waals surface area contributed by atoms with Gasteiger partial charge < -0.3 is 15.7 Å². The Balaban J connectivity index is 1.89. The van der Waals surface area contributed by atoms with Crippen LogP contribution in [0.5, 0.6) is 0 Å². The van der Waals surface area contributed by atoms with E-state index < -0.39 is 0 Å². The van der Waals surface area contributed by atoms with Crippen LogP contribution in [-0.2, 0) is 0 Å². The molecule has 4 heteroatoms. The Morgan fingerprint density at radius 1 is 1.45 bits per heavy atom. The van der Waals surface area contributed by atoms with Gasteiger partial charge in [0.25, 0.3) is 0 Å². The first kappa shape index (κ1) is 15.4. The zero-order chi connectivity index (χ0) is 14.5. The minimum absolute atomic E-state index is 0.208. The lowest BCUT2D eigenvalue weighted by Gasteiger charge is -2.26. The summed E-state index contributed by atoms with van der Waals surface area (Å²) < 4.78 is 13.8. The Bertz CT molecular complexity index is 427. The van der Waals surface area contributed by atoms with Crippen molar-refractivity contribution >= 4 is 0 Å². The molecule has 3 unspecified atom stereocenters. The van der Waals surface area contributed by atoms with Crippen molar-refractivity contribution < 1.29 is 9.50 Å². The third kappa shape index (κ3) is 3.78. The van der Waals surface area contributed by atoms with E-state index in [1.54, 1.807) is 12.1 Å². The molecule has 112 valence electrons. The lowest BCUT2D eigenvalue weighted by atomic mass is 9.94. The molecule has 2 rings (SSSR count). The first-order chi connectivity index (χ1) is 9.61. The van der Waals surface area contributed by atoms with Crippen LogP contribution in [-0.4, -0.2) is 36.2 Å². The quantitative estimate of drug-likeness (QED) is 0.839. The number of nitrogens with zero attached hydrogens (tertiary/aromatic N) is 1. The van der Waals surface area contributed by atoms with Crippen LogP contribution in [0.1, 0.15) is 31.4 Å². The third-order valence-electron chi connectivity index (χ3n) is 4.33. The monoisotopic (exact) mass is 280 g/mol. The molecule has 1 aromatic carbocycles.